The van der Waals surface area contributed by atoms with Gasteiger partial charge in [-0.2, -0.15) is 0 Å². The fourth-order valence-corrected chi connectivity index (χ4v) is 2.83. The molecule has 2 fully saturated rings. The minimum atomic E-state index is 0.733. The minimum Gasteiger partial charge on any atom is -0.0887 e. The molecule has 0 nitrogen and oxygen atoms in total. The Bertz CT molecular complexity index is 238. The first-order chi connectivity index (χ1) is 5.54. The van der Waals surface area contributed by atoms with E-state index in [1.165, 1.54) is 19.3 Å². The van der Waals surface area contributed by atoms with Crippen LogP contribution in [0.1, 0.15) is 47.0 Å². The number of hydrogen-bond donors (Lipinski definition) is 0. The molecule has 0 aromatic rings. The fourth-order valence-electron chi connectivity index (χ4n) is 2.83. The van der Waals surface area contributed by atoms with Gasteiger partial charge in [0.05, 0.1) is 0 Å². The Kier molecular flexibility index (Phi) is 1.50. The van der Waals surface area contributed by atoms with Gasteiger partial charge in [-0.1, -0.05) is 25.5 Å². The molecule has 0 bridgehead atoms. The van der Waals surface area contributed by atoms with Gasteiger partial charge in [0, 0.05) is 0 Å². The molecule has 3 unspecified atom stereocenters. The second kappa shape index (κ2) is 2.16. The molecule has 12 heavy (non-hydrogen) atoms. The van der Waals surface area contributed by atoms with E-state index in [-0.39, 0.29) is 0 Å². The molecule has 0 spiro atoms. The summed E-state index contributed by atoms with van der Waals surface area (Å²) in [4.78, 5) is 0. The molecule has 68 valence electrons. The monoisotopic (exact) mass is 164 g/mol. The molecule has 0 saturated heterocycles. The Balaban J connectivity index is 1.83. The predicted octanol–water partition coefficient (Wildman–Crippen LogP) is 3.78. The summed E-state index contributed by atoms with van der Waals surface area (Å²) >= 11 is 0. The molecular weight excluding hydrogens is 144 g/mol. The van der Waals surface area contributed by atoms with E-state index < -0.39 is 0 Å². The molecule has 2 rings (SSSR count). The highest BCUT2D eigenvalue weighted by Crippen LogP contribution is 2.89. The van der Waals surface area contributed by atoms with Gasteiger partial charge in [-0.05, 0) is 49.9 Å². The van der Waals surface area contributed by atoms with Gasteiger partial charge in [0.25, 0.3) is 0 Å². The van der Waals surface area contributed by atoms with Gasteiger partial charge in [0.1, 0.15) is 0 Å². The van der Waals surface area contributed by atoms with Crippen LogP contribution in [0.5, 0.6) is 0 Å². The van der Waals surface area contributed by atoms with Crippen LogP contribution in [0.3, 0.4) is 0 Å². The molecule has 0 aromatic carbocycles. The molecule has 3 atom stereocenters. The van der Waals surface area contributed by atoms with Crippen molar-refractivity contribution >= 4 is 0 Å². The van der Waals surface area contributed by atoms with E-state index >= 15 is 0 Å². The maximum atomic E-state index is 2.48. The van der Waals surface area contributed by atoms with Crippen LogP contribution in [0.15, 0.2) is 11.6 Å². The third-order valence-corrected chi connectivity index (χ3v) is 4.76. The van der Waals surface area contributed by atoms with Crippen molar-refractivity contribution < 1.29 is 0 Å². The van der Waals surface area contributed by atoms with Gasteiger partial charge in [-0.3, -0.25) is 0 Å². The summed E-state index contributed by atoms with van der Waals surface area (Å²) in [6.07, 6.45) is 6.50. The standard InChI is InChI=1S/C12H20/c1-5-9(2)6-7-11(3)10-8-12(10,11)4/h5,10H,6-8H2,1-4H3. The van der Waals surface area contributed by atoms with E-state index in [0.29, 0.717) is 0 Å². The summed E-state index contributed by atoms with van der Waals surface area (Å²) in [6.45, 7) is 9.33. The lowest BCUT2D eigenvalue weighted by molar-refractivity contribution is 0.318. The first-order valence-electron chi connectivity index (χ1n) is 5.16. The zero-order valence-electron chi connectivity index (χ0n) is 8.78. The maximum absolute atomic E-state index is 2.48. The van der Waals surface area contributed by atoms with Gasteiger partial charge in [-0.25, -0.2) is 0 Å². The van der Waals surface area contributed by atoms with Crippen LogP contribution < -0.4 is 0 Å². The van der Waals surface area contributed by atoms with Crippen molar-refractivity contribution in [2.75, 3.05) is 0 Å². The first kappa shape index (κ1) is 8.34. The first-order valence-corrected chi connectivity index (χ1v) is 5.16. The van der Waals surface area contributed by atoms with Crippen LogP contribution in [0, 0.1) is 16.7 Å². The quantitative estimate of drug-likeness (QED) is 0.557. The van der Waals surface area contributed by atoms with Crippen LogP contribution in [-0.2, 0) is 0 Å². The van der Waals surface area contributed by atoms with Crippen molar-refractivity contribution in [3.63, 3.8) is 0 Å². The Hall–Kier alpha value is -0.260. The molecule has 0 N–H and O–H groups in total. The molecule has 0 aliphatic heterocycles. The lowest BCUT2D eigenvalue weighted by atomic mass is 9.85. The third-order valence-electron chi connectivity index (χ3n) is 4.76. The Morgan fingerprint density at radius 1 is 1.50 bits per heavy atom. The number of allylic oxidation sites excluding steroid dienone is 2. The van der Waals surface area contributed by atoms with Crippen LogP contribution in [0.2, 0.25) is 0 Å². The van der Waals surface area contributed by atoms with Crippen molar-refractivity contribution in [3.05, 3.63) is 11.6 Å². The molecule has 2 aliphatic rings. The molecule has 0 aromatic heterocycles. The number of rotatable bonds is 3. The van der Waals surface area contributed by atoms with Crippen molar-refractivity contribution in [1.82, 2.24) is 0 Å². The van der Waals surface area contributed by atoms with E-state index in [9.17, 15) is 0 Å². The van der Waals surface area contributed by atoms with Gasteiger partial charge >= 0.3 is 0 Å². The molecule has 2 saturated carbocycles. The van der Waals surface area contributed by atoms with Crippen molar-refractivity contribution in [1.29, 1.82) is 0 Å². The summed E-state index contributed by atoms with van der Waals surface area (Å²) in [5.41, 5.74) is 3.07. The molecule has 2 aliphatic carbocycles. The molecular formula is C12H20. The van der Waals surface area contributed by atoms with Crippen LogP contribution in [0.25, 0.3) is 0 Å². The van der Waals surface area contributed by atoms with E-state index in [1.807, 2.05) is 0 Å². The summed E-state index contributed by atoms with van der Waals surface area (Å²) in [5, 5.41) is 0. The van der Waals surface area contributed by atoms with E-state index in [2.05, 4.69) is 33.8 Å². The third kappa shape index (κ3) is 0.841. The van der Waals surface area contributed by atoms with Gasteiger partial charge in [-0.15, -0.1) is 0 Å². The van der Waals surface area contributed by atoms with Crippen molar-refractivity contribution in [3.8, 4) is 0 Å². The average molecular weight is 164 g/mol. The average Bonchev–Trinajstić information content (AvgIpc) is 2.86. The summed E-state index contributed by atoms with van der Waals surface area (Å²) in [6, 6.07) is 0. The van der Waals surface area contributed by atoms with Crippen molar-refractivity contribution in [2.24, 2.45) is 16.7 Å². The molecule has 0 radical (unpaired) electrons. The fraction of sp³-hybridized carbons (Fsp3) is 0.833. The van der Waals surface area contributed by atoms with Crippen LogP contribution in [-0.4, -0.2) is 0 Å². The second-order valence-corrected chi connectivity index (χ2v) is 5.23. The normalized spacial score (nSPS) is 50.3. The molecule has 0 heterocycles. The highest BCUT2D eigenvalue weighted by atomic mass is 14.9. The van der Waals surface area contributed by atoms with Crippen LogP contribution in [0.4, 0.5) is 0 Å². The smallest absolute Gasteiger partial charge is 0.0232 e. The lowest BCUT2D eigenvalue weighted by Gasteiger charge is -2.20. The minimum absolute atomic E-state index is 0.733. The lowest BCUT2D eigenvalue weighted by Crippen LogP contribution is -2.10. The van der Waals surface area contributed by atoms with Gasteiger partial charge in [0.2, 0.25) is 0 Å². The summed E-state index contributed by atoms with van der Waals surface area (Å²) < 4.78 is 0. The highest BCUT2D eigenvalue weighted by molar-refractivity contribution is 5.31. The Morgan fingerprint density at radius 3 is 2.42 bits per heavy atom. The highest BCUT2D eigenvalue weighted by Gasteiger charge is 2.82. The Morgan fingerprint density at radius 2 is 2.08 bits per heavy atom. The zero-order valence-corrected chi connectivity index (χ0v) is 8.78. The summed E-state index contributed by atoms with van der Waals surface area (Å²) in [7, 11) is 0. The van der Waals surface area contributed by atoms with E-state index in [0.717, 1.165) is 16.7 Å². The molecule has 0 heteroatoms. The second-order valence-electron chi connectivity index (χ2n) is 5.23. The number of hydrogen-bond acceptors (Lipinski definition) is 0. The van der Waals surface area contributed by atoms with Gasteiger partial charge < -0.3 is 0 Å². The molecule has 0 amide bonds. The zero-order chi connectivity index (χ0) is 8.98. The number of fused-ring (bicyclic) bond motifs is 1. The largest absolute Gasteiger partial charge is 0.0887 e. The van der Waals surface area contributed by atoms with E-state index in [4.69, 9.17) is 0 Å². The Labute approximate surface area is 76.1 Å². The van der Waals surface area contributed by atoms with Crippen LogP contribution >= 0.6 is 0 Å². The van der Waals surface area contributed by atoms with Crippen molar-refractivity contribution in [2.45, 2.75) is 47.0 Å². The maximum Gasteiger partial charge on any atom is -0.0232 e. The predicted molar refractivity (Wildman–Crippen MR) is 53.0 cm³/mol. The SMILES string of the molecule is CC=C(C)CCC1(C)C2CC21C. The van der Waals surface area contributed by atoms with E-state index in [1.54, 1.807) is 5.57 Å². The summed E-state index contributed by atoms with van der Waals surface area (Å²) in [5.74, 6) is 1.09. The van der Waals surface area contributed by atoms with Gasteiger partial charge in [0.15, 0.2) is 0 Å². The topological polar surface area (TPSA) is 0 Å².